The number of rotatable bonds is 3. The van der Waals surface area contributed by atoms with E-state index in [0.717, 1.165) is 22.9 Å². The maximum Gasteiger partial charge on any atom is 0.282 e. The normalized spacial score (nSPS) is 19.0. The molecule has 3 heterocycles. The van der Waals surface area contributed by atoms with Gasteiger partial charge in [-0.15, -0.1) is 11.3 Å². The predicted molar refractivity (Wildman–Crippen MR) is 99.2 cm³/mol. The average molecular weight is 371 g/mol. The van der Waals surface area contributed by atoms with E-state index >= 15 is 0 Å². The Bertz CT molecular complexity index is 886. The van der Waals surface area contributed by atoms with Crippen molar-refractivity contribution in [3.05, 3.63) is 58.2 Å². The summed E-state index contributed by atoms with van der Waals surface area (Å²) >= 11 is 1.41. The van der Waals surface area contributed by atoms with Crippen LogP contribution in [0.25, 0.3) is 5.57 Å². The molecule has 7 heteroatoms. The molecule has 5 nitrogen and oxygen atoms in total. The highest BCUT2D eigenvalue weighted by Crippen LogP contribution is 2.37. The lowest BCUT2D eigenvalue weighted by molar-refractivity contribution is -0.120. The van der Waals surface area contributed by atoms with Crippen LogP contribution in [0.5, 0.6) is 0 Å². The number of thiophene rings is 1. The second kappa shape index (κ2) is 6.66. The summed E-state index contributed by atoms with van der Waals surface area (Å²) < 4.78 is 14.3. The zero-order chi connectivity index (χ0) is 18.3. The number of benzene rings is 1. The summed E-state index contributed by atoms with van der Waals surface area (Å²) in [5, 5.41) is 1.87. The Morgan fingerprint density at radius 1 is 0.962 bits per heavy atom. The number of nitrogens with zero attached hydrogens (tertiary/aromatic N) is 3. The Kier molecular flexibility index (Phi) is 4.34. The first-order chi connectivity index (χ1) is 12.6. The van der Waals surface area contributed by atoms with Crippen LogP contribution in [-0.2, 0) is 9.59 Å². The van der Waals surface area contributed by atoms with Gasteiger partial charge in [-0.1, -0.05) is 18.2 Å². The molecule has 2 aromatic rings. The molecular weight excluding hydrogens is 353 g/mol. The molecule has 0 radical (unpaired) electrons. The van der Waals surface area contributed by atoms with Crippen molar-refractivity contribution in [2.24, 2.45) is 0 Å². The minimum Gasteiger partial charge on any atom is -0.364 e. The topological polar surface area (TPSA) is 43.9 Å². The lowest BCUT2D eigenvalue weighted by Crippen LogP contribution is -2.46. The molecule has 4 rings (SSSR count). The number of amides is 2. The van der Waals surface area contributed by atoms with E-state index in [1.54, 1.807) is 12.1 Å². The van der Waals surface area contributed by atoms with Crippen LogP contribution >= 0.6 is 11.3 Å². The van der Waals surface area contributed by atoms with Gasteiger partial charge in [-0.25, -0.2) is 9.29 Å². The Labute approximate surface area is 154 Å². The zero-order valence-electron chi connectivity index (χ0n) is 14.3. The highest BCUT2D eigenvalue weighted by molar-refractivity contribution is 7.11. The highest BCUT2D eigenvalue weighted by atomic mass is 32.1. The smallest absolute Gasteiger partial charge is 0.282 e. The van der Waals surface area contributed by atoms with Crippen molar-refractivity contribution in [3.63, 3.8) is 0 Å². The van der Waals surface area contributed by atoms with Crippen molar-refractivity contribution in [1.29, 1.82) is 0 Å². The van der Waals surface area contributed by atoms with E-state index in [9.17, 15) is 14.0 Å². The standard InChI is InChI=1S/C19H18FN3O2S/c1-21-8-10-22(11-9-21)17-16(15-7-4-12-26-15)18(24)23(19(17)25)14-6-3-2-5-13(14)20/h2-7,12H,8-11H2,1H3. The van der Waals surface area contributed by atoms with Crippen LogP contribution in [0.4, 0.5) is 10.1 Å². The largest absolute Gasteiger partial charge is 0.364 e. The third-order valence-corrected chi connectivity index (χ3v) is 5.63. The molecule has 0 saturated carbocycles. The van der Waals surface area contributed by atoms with Crippen LogP contribution in [-0.4, -0.2) is 54.8 Å². The number of carbonyl (C=O) groups excluding carboxylic acids is 2. The van der Waals surface area contributed by atoms with Gasteiger partial charge in [-0.2, -0.15) is 0 Å². The third-order valence-electron chi connectivity index (χ3n) is 4.74. The maximum absolute atomic E-state index is 14.3. The fourth-order valence-corrected chi connectivity index (χ4v) is 4.10. The van der Waals surface area contributed by atoms with Gasteiger partial charge in [-0.05, 0) is 30.6 Å². The first-order valence-electron chi connectivity index (χ1n) is 8.43. The summed E-state index contributed by atoms with van der Waals surface area (Å²) in [4.78, 5) is 32.2. The van der Waals surface area contributed by atoms with Crippen molar-refractivity contribution in [2.45, 2.75) is 0 Å². The number of likely N-dealkylation sites (N-methyl/N-ethyl adjacent to an activating group) is 1. The summed E-state index contributed by atoms with van der Waals surface area (Å²) in [5.41, 5.74) is 0.757. The number of halogens is 1. The van der Waals surface area contributed by atoms with E-state index in [4.69, 9.17) is 0 Å². The van der Waals surface area contributed by atoms with Gasteiger partial charge in [0.15, 0.2) is 0 Å². The quantitative estimate of drug-likeness (QED) is 0.778. The van der Waals surface area contributed by atoms with Crippen LogP contribution in [0.2, 0.25) is 0 Å². The van der Waals surface area contributed by atoms with Gasteiger partial charge < -0.3 is 9.80 Å². The van der Waals surface area contributed by atoms with Crippen molar-refractivity contribution < 1.29 is 14.0 Å². The first kappa shape index (κ1) is 16.9. The highest BCUT2D eigenvalue weighted by Gasteiger charge is 2.44. The number of hydrogen-bond acceptors (Lipinski definition) is 5. The van der Waals surface area contributed by atoms with Crippen LogP contribution in [0.3, 0.4) is 0 Å². The van der Waals surface area contributed by atoms with Crippen molar-refractivity contribution in [2.75, 3.05) is 38.1 Å². The number of hydrogen-bond donors (Lipinski definition) is 0. The Balaban J connectivity index is 1.80. The van der Waals surface area contributed by atoms with E-state index in [2.05, 4.69) is 4.90 Å². The lowest BCUT2D eigenvalue weighted by Gasteiger charge is -2.34. The van der Waals surface area contributed by atoms with Crippen molar-refractivity contribution in [1.82, 2.24) is 9.80 Å². The molecule has 0 atom stereocenters. The van der Waals surface area contributed by atoms with E-state index in [1.165, 1.54) is 23.5 Å². The molecule has 0 unspecified atom stereocenters. The molecule has 1 aromatic heterocycles. The molecule has 2 aliphatic rings. The fraction of sp³-hybridized carbons (Fsp3) is 0.263. The summed E-state index contributed by atoms with van der Waals surface area (Å²) in [6.07, 6.45) is 0. The van der Waals surface area contributed by atoms with Gasteiger partial charge in [0.25, 0.3) is 11.8 Å². The molecule has 2 amide bonds. The monoisotopic (exact) mass is 371 g/mol. The molecule has 1 fully saturated rings. The molecule has 0 aliphatic carbocycles. The number of piperazine rings is 1. The molecule has 26 heavy (non-hydrogen) atoms. The first-order valence-corrected chi connectivity index (χ1v) is 9.31. The Morgan fingerprint density at radius 2 is 1.69 bits per heavy atom. The van der Waals surface area contributed by atoms with Gasteiger partial charge >= 0.3 is 0 Å². The summed E-state index contributed by atoms with van der Waals surface area (Å²) in [6.45, 7) is 2.93. The summed E-state index contributed by atoms with van der Waals surface area (Å²) in [7, 11) is 2.03. The lowest BCUT2D eigenvalue weighted by atomic mass is 10.1. The van der Waals surface area contributed by atoms with E-state index in [0.29, 0.717) is 24.4 Å². The van der Waals surface area contributed by atoms with Crippen molar-refractivity contribution in [3.8, 4) is 0 Å². The van der Waals surface area contributed by atoms with Crippen LogP contribution in [0.1, 0.15) is 4.88 Å². The van der Waals surface area contributed by atoms with Crippen LogP contribution in [0, 0.1) is 5.82 Å². The van der Waals surface area contributed by atoms with Gasteiger partial charge in [-0.3, -0.25) is 9.59 Å². The molecule has 134 valence electrons. The number of imide groups is 1. The van der Waals surface area contributed by atoms with Gasteiger partial charge in [0, 0.05) is 31.1 Å². The summed E-state index contributed by atoms with van der Waals surface area (Å²) in [6, 6.07) is 9.55. The molecule has 0 bridgehead atoms. The molecule has 2 aliphatic heterocycles. The molecule has 0 N–H and O–H groups in total. The Hall–Kier alpha value is -2.51. The fourth-order valence-electron chi connectivity index (χ4n) is 3.34. The second-order valence-corrected chi connectivity index (χ2v) is 7.34. The Morgan fingerprint density at radius 3 is 2.35 bits per heavy atom. The number of anilines is 1. The third kappa shape index (κ3) is 2.73. The molecule has 0 spiro atoms. The number of para-hydroxylation sites is 1. The minimum atomic E-state index is -0.584. The maximum atomic E-state index is 14.3. The van der Waals surface area contributed by atoms with Crippen LogP contribution in [0.15, 0.2) is 47.5 Å². The van der Waals surface area contributed by atoms with Gasteiger partial charge in [0.05, 0.1) is 11.3 Å². The zero-order valence-corrected chi connectivity index (χ0v) is 15.1. The molecule has 1 aromatic carbocycles. The van der Waals surface area contributed by atoms with E-state index in [-0.39, 0.29) is 5.69 Å². The SMILES string of the molecule is CN1CCN(C2=C(c3cccs3)C(=O)N(c3ccccc3F)C2=O)CC1. The van der Waals surface area contributed by atoms with E-state index in [1.807, 2.05) is 29.5 Å². The number of carbonyl (C=O) groups is 2. The van der Waals surface area contributed by atoms with Gasteiger partial charge in [0.2, 0.25) is 0 Å². The van der Waals surface area contributed by atoms with Gasteiger partial charge in [0.1, 0.15) is 11.5 Å². The minimum absolute atomic E-state index is 0.000633. The average Bonchev–Trinajstić information content (AvgIpc) is 3.23. The summed E-state index contributed by atoms with van der Waals surface area (Å²) in [5.74, 6) is -1.50. The van der Waals surface area contributed by atoms with Crippen LogP contribution < -0.4 is 4.90 Å². The second-order valence-electron chi connectivity index (χ2n) is 6.39. The predicted octanol–water partition coefficient (Wildman–Crippen LogP) is 2.42. The molecule has 1 saturated heterocycles. The molecular formula is C19H18FN3O2S. The van der Waals surface area contributed by atoms with Crippen molar-refractivity contribution >= 4 is 34.4 Å². The van der Waals surface area contributed by atoms with E-state index < -0.39 is 17.6 Å².